The molecule has 38 heavy (non-hydrogen) atoms. The molecule has 0 N–H and O–H groups in total. The first-order chi connectivity index (χ1) is 18.3. The lowest BCUT2D eigenvalue weighted by atomic mass is 10.1. The number of rotatable bonds is 8. The molecule has 0 unspecified atom stereocenters. The van der Waals surface area contributed by atoms with E-state index in [1.54, 1.807) is 11.8 Å². The third kappa shape index (κ3) is 7.57. The molecular formula is C34H33O2S2+. The summed E-state index contributed by atoms with van der Waals surface area (Å²) in [6.07, 6.45) is 0.333. The van der Waals surface area contributed by atoms with Crippen LogP contribution in [-0.2, 0) is 20.4 Å². The highest BCUT2D eigenvalue weighted by atomic mass is 32.2. The molecular weight excluding hydrogens is 505 g/mol. The Hall–Kier alpha value is -3.39. The van der Waals surface area contributed by atoms with Gasteiger partial charge in [-0.1, -0.05) is 66.4 Å². The smallest absolute Gasteiger partial charge is 0.308 e. The molecule has 0 amide bonds. The number of esters is 1. The maximum Gasteiger partial charge on any atom is 0.308 e. The van der Waals surface area contributed by atoms with Gasteiger partial charge in [-0.3, -0.25) is 4.79 Å². The van der Waals surface area contributed by atoms with Crippen molar-refractivity contribution in [3.8, 4) is 11.8 Å². The Labute approximate surface area is 234 Å². The van der Waals surface area contributed by atoms with Crippen LogP contribution in [0.1, 0.15) is 37.0 Å². The summed E-state index contributed by atoms with van der Waals surface area (Å²) in [6.45, 7) is 7.99. The highest BCUT2D eigenvalue weighted by molar-refractivity contribution is 7.99. The summed E-state index contributed by atoms with van der Waals surface area (Å²) in [7, 11) is -0.180. The van der Waals surface area contributed by atoms with Crippen molar-refractivity contribution in [1.82, 2.24) is 0 Å². The van der Waals surface area contributed by atoms with Crippen molar-refractivity contribution >= 4 is 28.6 Å². The second-order valence-electron chi connectivity index (χ2n) is 9.52. The van der Waals surface area contributed by atoms with Gasteiger partial charge in [-0.05, 0) is 87.4 Å². The predicted octanol–water partition coefficient (Wildman–Crippen LogP) is 8.25. The van der Waals surface area contributed by atoms with E-state index < -0.39 is 5.60 Å². The third-order valence-electron chi connectivity index (χ3n) is 5.83. The molecule has 4 rings (SSSR count). The summed E-state index contributed by atoms with van der Waals surface area (Å²) in [5.41, 5.74) is 2.54. The summed E-state index contributed by atoms with van der Waals surface area (Å²) in [4.78, 5) is 17.7. The van der Waals surface area contributed by atoms with E-state index >= 15 is 0 Å². The zero-order valence-corrected chi connectivity index (χ0v) is 24.0. The monoisotopic (exact) mass is 537 g/mol. The fourth-order valence-corrected chi connectivity index (χ4v) is 7.43. The van der Waals surface area contributed by atoms with Crippen molar-refractivity contribution in [3.05, 3.63) is 120 Å². The minimum absolute atomic E-state index is 0.180. The summed E-state index contributed by atoms with van der Waals surface area (Å²) in [5, 5.41) is 0. The Kier molecular flexibility index (Phi) is 9.39. The van der Waals surface area contributed by atoms with Gasteiger partial charge < -0.3 is 4.74 Å². The quantitative estimate of drug-likeness (QED) is 0.0979. The molecule has 0 aliphatic rings. The van der Waals surface area contributed by atoms with Gasteiger partial charge in [0.15, 0.2) is 20.3 Å². The molecule has 0 atom stereocenters. The number of thioether (sulfide) groups is 1. The topological polar surface area (TPSA) is 26.3 Å². The van der Waals surface area contributed by atoms with Crippen LogP contribution in [0, 0.1) is 25.7 Å². The van der Waals surface area contributed by atoms with Crippen LogP contribution in [0.4, 0.5) is 0 Å². The minimum atomic E-state index is -0.837. The van der Waals surface area contributed by atoms with Crippen molar-refractivity contribution in [1.29, 1.82) is 0 Å². The lowest BCUT2D eigenvalue weighted by molar-refractivity contribution is -0.151. The maximum atomic E-state index is 12.6. The summed E-state index contributed by atoms with van der Waals surface area (Å²) >= 11 is 1.72. The first-order valence-corrected chi connectivity index (χ1v) is 14.9. The van der Waals surface area contributed by atoms with Crippen molar-refractivity contribution in [3.63, 3.8) is 0 Å². The molecule has 0 saturated carbocycles. The third-order valence-corrected chi connectivity index (χ3v) is 9.37. The van der Waals surface area contributed by atoms with Gasteiger partial charge in [0.2, 0.25) is 0 Å². The van der Waals surface area contributed by atoms with E-state index in [2.05, 4.69) is 98.5 Å². The number of hydrogen-bond acceptors (Lipinski definition) is 3. The van der Waals surface area contributed by atoms with Gasteiger partial charge in [-0.25, -0.2) is 0 Å². The SMILES string of the molecule is Cc1cc([S+](c2ccccc2)c2ccccc2)cc(C)c1SCCC(=O)OC(C)(C)C#Cc1ccccc1. The molecule has 0 radical (unpaired) electrons. The second-order valence-corrected chi connectivity index (χ2v) is 12.6. The van der Waals surface area contributed by atoms with E-state index in [0.717, 1.165) is 5.56 Å². The number of aryl methyl sites for hydroxylation is 2. The van der Waals surface area contributed by atoms with Gasteiger partial charge in [0, 0.05) is 16.2 Å². The highest BCUT2D eigenvalue weighted by Gasteiger charge is 2.29. The zero-order chi connectivity index (χ0) is 27.0. The van der Waals surface area contributed by atoms with Gasteiger partial charge in [-0.15, -0.1) is 11.8 Å². The molecule has 4 aromatic rings. The average molecular weight is 538 g/mol. The average Bonchev–Trinajstić information content (AvgIpc) is 2.91. The standard InChI is InChI=1S/C34H33O2S2/c1-26-24-31(38(29-16-10-6-11-17-29)30-18-12-7-13-19-30)25-27(2)33(26)37-23-21-32(35)36-34(3,4)22-20-28-14-8-5-9-15-28/h5-19,24-25H,21,23H2,1-4H3/q+1. The largest absolute Gasteiger partial charge is 0.446 e. The fraction of sp³-hybridized carbons (Fsp3) is 0.206. The predicted molar refractivity (Wildman–Crippen MR) is 160 cm³/mol. The van der Waals surface area contributed by atoms with Crippen LogP contribution in [0.25, 0.3) is 0 Å². The Morgan fingerprint density at radius 2 is 1.29 bits per heavy atom. The normalized spacial score (nSPS) is 11.1. The van der Waals surface area contributed by atoms with Crippen LogP contribution in [0.5, 0.6) is 0 Å². The van der Waals surface area contributed by atoms with Crippen LogP contribution in [-0.4, -0.2) is 17.3 Å². The summed E-state index contributed by atoms with van der Waals surface area (Å²) in [5.74, 6) is 6.60. The molecule has 2 nitrogen and oxygen atoms in total. The van der Waals surface area contributed by atoms with Crippen molar-refractivity contribution < 1.29 is 9.53 Å². The number of hydrogen-bond donors (Lipinski definition) is 0. The molecule has 0 spiro atoms. The second kappa shape index (κ2) is 12.9. The highest BCUT2D eigenvalue weighted by Crippen LogP contribution is 2.36. The van der Waals surface area contributed by atoms with Crippen LogP contribution in [0.2, 0.25) is 0 Å². The fourth-order valence-electron chi connectivity index (χ4n) is 4.12. The van der Waals surface area contributed by atoms with Gasteiger partial charge in [0.1, 0.15) is 0 Å². The number of carbonyl (C=O) groups excluding carboxylic acids is 1. The lowest BCUT2D eigenvalue weighted by Crippen LogP contribution is -2.26. The molecule has 0 bridgehead atoms. The van der Waals surface area contributed by atoms with Crippen LogP contribution < -0.4 is 0 Å². The molecule has 0 fully saturated rings. The van der Waals surface area contributed by atoms with E-state index in [4.69, 9.17) is 4.74 Å². The molecule has 4 heteroatoms. The molecule has 192 valence electrons. The van der Waals surface area contributed by atoms with Crippen LogP contribution >= 0.6 is 11.8 Å². The van der Waals surface area contributed by atoms with Gasteiger partial charge in [0.05, 0.1) is 17.3 Å². The van der Waals surface area contributed by atoms with Crippen molar-refractivity contribution in [2.45, 2.75) is 59.3 Å². The van der Waals surface area contributed by atoms with E-state index in [0.29, 0.717) is 12.2 Å². The Bertz CT molecular complexity index is 1360. The van der Waals surface area contributed by atoms with Crippen LogP contribution in [0.15, 0.2) is 123 Å². The number of carbonyl (C=O) groups is 1. The molecule has 4 aromatic carbocycles. The van der Waals surface area contributed by atoms with Crippen molar-refractivity contribution in [2.24, 2.45) is 0 Å². The first-order valence-electron chi connectivity index (χ1n) is 12.7. The van der Waals surface area contributed by atoms with Crippen molar-refractivity contribution in [2.75, 3.05) is 5.75 Å². The molecule has 0 aliphatic heterocycles. The van der Waals surface area contributed by atoms with E-state index in [9.17, 15) is 4.79 Å². The lowest BCUT2D eigenvalue weighted by Gasteiger charge is -2.19. The number of benzene rings is 4. The molecule has 0 heterocycles. The molecule has 0 saturated heterocycles. The number of ether oxygens (including phenoxy) is 1. The molecule has 0 aromatic heterocycles. The molecule has 0 aliphatic carbocycles. The van der Waals surface area contributed by atoms with E-state index in [1.807, 2.05) is 44.2 Å². The Morgan fingerprint density at radius 3 is 1.82 bits per heavy atom. The first kappa shape index (κ1) is 27.6. The summed E-state index contributed by atoms with van der Waals surface area (Å²) in [6, 6.07) is 35.7. The Morgan fingerprint density at radius 1 is 0.789 bits per heavy atom. The van der Waals surface area contributed by atoms with Crippen LogP contribution in [0.3, 0.4) is 0 Å². The minimum Gasteiger partial charge on any atom is -0.446 e. The Balaban J connectivity index is 1.43. The van der Waals surface area contributed by atoms with E-state index in [-0.39, 0.29) is 16.9 Å². The van der Waals surface area contributed by atoms with E-state index in [1.165, 1.54) is 30.7 Å². The van der Waals surface area contributed by atoms with Gasteiger partial charge in [-0.2, -0.15) is 0 Å². The maximum absolute atomic E-state index is 12.6. The van der Waals surface area contributed by atoms with Gasteiger partial charge in [0.25, 0.3) is 0 Å². The summed E-state index contributed by atoms with van der Waals surface area (Å²) < 4.78 is 5.68. The van der Waals surface area contributed by atoms with Gasteiger partial charge >= 0.3 is 5.97 Å². The zero-order valence-electron chi connectivity index (χ0n) is 22.4.